The van der Waals surface area contributed by atoms with Gasteiger partial charge in [0, 0.05) is 36.8 Å². The van der Waals surface area contributed by atoms with E-state index < -0.39 is 0 Å². The van der Waals surface area contributed by atoms with Crippen LogP contribution in [-0.4, -0.2) is 50.8 Å². The van der Waals surface area contributed by atoms with Crippen LogP contribution in [0.2, 0.25) is 0 Å². The smallest absolute Gasteiger partial charge is 0.315 e. The Hall–Kier alpha value is -2.38. The van der Waals surface area contributed by atoms with E-state index in [1.165, 1.54) is 12.8 Å². The van der Waals surface area contributed by atoms with Gasteiger partial charge in [-0.1, -0.05) is 5.10 Å². The molecule has 0 aromatic carbocycles. The number of hydrogen-bond acceptors (Lipinski definition) is 6. The number of anilines is 1. The minimum atomic E-state index is 0.108. The maximum absolute atomic E-state index is 12.3. The van der Waals surface area contributed by atoms with Gasteiger partial charge in [-0.2, -0.15) is 5.10 Å². The zero-order valence-electron chi connectivity index (χ0n) is 14.1. The summed E-state index contributed by atoms with van der Waals surface area (Å²) >= 11 is 0. The highest BCUT2D eigenvalue weighted by molar-refractivity contribution is 5.80. The molecule has 3 heterocycles. The van der Waals surface area contributed by atoms with E-state index in [-0.39, 0.29) is 18.4 Å². The molecule has 3 aliphatic rings. The van der Waals surface area contributed by atoms with Gasteiger partial charge < -0.3 is 14.6 Å². The number of rotatable bonds is 5. The minimum absolute atomic E-state index is 0.108. The van der Waals surface area contributed by atoms with Crippen LogP contribution in [0.1, 0.15) is 55.5 Å². The summed E-state index contributed by atoms with van der Waals surface area (Å²) in [6.45, 7) is 1.97. The largest absolute Gasteiger partial charge is 0.408 e. The van der Waals surface area contributed by atoms with E-state index in [4.69, 9.17) is 4.42 Å². The van der Waals surface area contributed by atoms with Crippen LogP contribution in [0, 0.1) is 5.41 Å². The first-order chi connectivity index (χ1) is 12.2. The van der Waals surface area contributed by atoms with Crippen molar-refractivity contribution in [1.29, 1.82) is 0 Å². The van der Waals surface area contributed by atoms with Crippen molar-refractivity contribution in [1.82, 2.24) is 25.3 Å². The van der Waals surface area contributed by atoms with Gasteiger partial charge in [-0.3, -0.25) is 9.89 Å². The normalized spacial score (nSPS) is 26.6. The topological polar surface area (TPSA) is 99.9 Å². The molecular formula is C17H22N6O2. The second kappa shape index (κ2) is 5.57. The molecule has 0 unspecified atom stereocenters. The summed E-state index contributed by atoms with van der Waals surface area (Å²) in [5, 5.41) is 18.1. The SMILES string of the molecule is O=C(CNc1nnc([C@@H]2C[C@H]2c2ccn[nH]2)o1)N1CCC2(CC1)CC2. The molecule has 8 heteroatoms. The molecule has 8 nitrogen and oxygen atoms in total. The Kier molecular flexibility index (Phi) is 3.33. The van der Waals surface area contributed by atoms with Crippen LogP contribution in [0.25, 0.3) is 0 Å². The number of piperidine rings is 1. The Balaban J connectivity index is 1.12. The van der Waals surface area contributed by atoms with Crippen LogP contribution in [-0.2, 0) is 4.79 Å². The molecule has 1 saturated heterocycles. The van der Waals surface area contributed by atoms with Gasteiger partial charge in [-0.25, -0.2) is 0 Å². The highest BCUT2D eigenvalue weighted by atomic mass is 16.4. The second-order valence-corrected chi connectivity index (χ2v) is 7.64. The van der Waals surface area contributed by atoms with Gasteiger partial charge in [-0.05, 0) is 43.6 Å². The van der Waals surface area contributed by atoms with Crippen LogP contribution in [0.15, 0.2) is 16.7 Å². The van der Waals surface area contributed by atoms with Crippen molar-refractivity contribution in [2.45, 2.75) is 43.9 Å². The van der Waals surface area contributed by atoms with Crippen LogP contribution in [0.4, 0.5) is 6.01 Å². The third-order valence-corrected chi connectivity index (χ3v) is 5.99. The number of hydrogen-bond donors (Lipinski definition) is 2. The molecule has 132 valence electrons. The molecule has 1 amide bonds. The van der Waals surface area contributed by atoms with Crippen molar-refractivity contribution in [3.63, 3.8) is 0 Å². The molecule has 2 aromatic heterocycles. The Morgan fingerprint density at radius 3 is 2.84 bits per heavy atom. The van der Waals surface area contributed by atoms with Crippen molar-refractivity contribution in [3.05, 3.63) is 23.8 Å². The number of aromatic nitrogens is 4. The van der Waals surface area contributed by atoms with E-state index in [1.807, 2.05) is 11.0 Å². The van der Waals surface area contributed by atoms with E-state index in [0.717, 1.165) is 38.0 Å². The molecule has 3 fully saturated rings. The zero-order chi connectivity index (χ0) is 16.9. The molecule has 1 spiro atoms. The number of likely N-dealkylation sites (tertiary alicyclic amines) is 1. The summed E-state index contributed by atoms with van der Waals surface area (Å²) in [5.41, 5.74) is 1.69. The van der Waals surface area contributed by atoms with Gasteiger partial charge in [0.2, 0.25) is 11.8 Å². The molecule has 25 heavy (non-hydrogen) atoms. The fourth-order valence-electron chi connectivity index (χ4n) is 3.91. The van der Waals surface area contributed by atoms with Gasteiger partial charge in [0.25, 0.3) is 0 Å². The van der Waals surface area contributed by atoms with Crippen molar-refractivity contribution >= 4 is 11.9 Å². The van der Waals surface area contributed by atoms with Crippen molar-refractivity contribution < 1.29 is 9.21 Å². The summed E-state index contributed by atoms with van der Waals surface area (Å²) in [6, 6.07) is 2.30. The molecule has 2 aliphatic carbocycles. The second-order valence-electron chi connectivity index (χ2n) is 7.64. The number of nitrogens with zero attached hydrogens (tertiary/aromatic N) is 4. The van der Waals surface area contributed by atoms with Gasteiger partial charge >= 0.3 is 6.01 Å². The Bertz CT molecular complexity index is 756. The quantitative estimate of drug-likeness (QED) is 0.860. The number of carbonyl (C=O) groups is 1. The first-order valence-electron chi connectivity index (χ1n) is 9.07. The Morgan fingerprint density at radius 2 is 2.12 bits per heavy atom. The number of carbonyl (C=O) groups excluding carboxylic acids is 1. The summed E-state index contributed by atoms with van der Waals surface area (Å²) in [4.78, 5) is 14.3. The molecular weight excluding hydrogens is 320 g/mol. The average Bonchev–Trinajstić information content (AvgIpc) is 3.46. The van der Waals surface area contributed by atoms with E-state index in [1.54, 1.807) is 6.20 Å². The van der Waals surface area contributed by atoms with Crippen LogP contribution < -0.4 is 5.32 Å². The summed E-state index contributed by atoms with van der Waals surface area (Å²) in [7, 11) is 0. The van der Waals surface area contributed by atoms with E-state index in [9.17, 15) is 4.79 Å². The van der Waals surface area contributed by atoms with Gasteiger partial charge in [0.05, 0.1) is 6.54 Å². The number of nitrogens with one attached hydrogen (secondary N) is 2. The fourth-order valence-corrected chi connectivity index (χ4v) is 3.91. The predicted octanol–water partition coefficient (Wildman–Crippen LogP) is 1.88. The van der Waals surface area contributed by atoms with Crippen molar-refractivity contribution in [3.8, 4) is 0 Å². The highest BCUT2D eigenvalue weighted by Gasteiger charge is 2.45. The predicted molar refractivity (Wildman–Crippen MR) is 89.0 cm³/mol. The Labute approximate surface area is 145 Å². The third kappa shape index (κ3) is 2.89. The lowest BCUT2D eigenvalue weighted by Gasteiger charge is -2.32. The first kappa shape index (κ1) is 14.9. The fraction of sp³-hybridized carbons (Fsp3) is 0.647. The summed E-state index contributed by atoms with van der Waals surface area (Å²) in [5.74, 6) is 1.36. The van der Waals surface area contributed by atoms with Gasteiger partial charge in [-0.15, -0.1) is 5.10 Å². The van der Waals surface area contributed by atoms with Gasteiger partial charge in [0.15, 0.2) is 0 Å². The molecule has 2 atom stereocenters. The first-order valence-corrected chi connectivity index (χ1v) is 9.07. The maximum atomic E-state index is 12.3. The third-order valence-electron chi connectivity index (χ3n) is 5.99. The van der Waals surface area contributed by atoms with Crippen molar-refractivity contribution in [2.24, 2.45) is 5.41 Å². The van der Waals surface area contributed by atoms with Crippen LogP contribution in [0.5, 0.6) is 0 Å². The maximum Gasteiger partial charge on any atom is 0.315 e. The lowest BCUT2D eigenvalue weighted by molar-refractivity contribution is -0.130. The molecule has 2 saturated carbocycles. The summed E-state index contributed by atoms with van der Waals surface area (Å²) in [6.07, 6.45) is 7.73. The molecule has 5 rings (SSSR count). The number of H-pyrrole nitrogens is 1. The van der Waals surface area contributed by atoms with E-state index >= 15 is 0 Å². The van der Waals surface area contributed by atoms with E-state index in [2.05, 4.69) is 25.7 Å². The average molecular weight is 342 g/mol. The monoisotopic (exact) mass is 342 g/mol. The van der Waals surface area contributed by atoms with Crippen molar-refractivity contribution in [2.75, 3.05) is 25.0 Å². The lowest BCUT2D eigenvalue weighted by atomic mass is 9.94. The lowest BCUT2D eigenvalue weighted by Crippen LogP contribution is -2.41. The molecule has 2 N–H and O–H groups in total. The van der Waals surface area contributed by atoms with E-state index in [0.29, 0.717) is 23.2 Å². The highest BCUT2D eigenvalue weighted by Crippen LogP contribution is 2.54. The Morgan fingerprint density at radius 1 is 1.28 bits per heavy atom. The summed E-state index contributed by atoms with van der Waals surface area (Å²) < 4.78 is 5.68. The number of amides is 1. The minimum Gasteiger partial charge on any atom is -0.408 e. The molecule has 0 bridgehead atoms. The molecule has 0 radical (unpaired) electrons. The molecule has 2 aromatic rings. The van der Waals surface area contributed by atoms with Crippen LogP contribution in [0.3, 0.4) is 0 Å². The standard InChI is InChI=1S/C17H22N6O2/c24-14(23-7-4-17(2-3-17)5-8-23)10-18-16-22-21-15(25-16)12-9-11(12)13-1-6-19-20-13/h1,6,11-12H,2-5,7-10H2,(H,18,22)(H,19,20)/t11-,12-/m1/s1. The zero-order valence-corrected chi connectivity index (χ0v) is 14.1. The molecule has 1 aliphatic heterocycles. The number of aromatic amines is 1. The van der Waals surface area contributed by atoms with Gasteiger partial charge in [0.1, 0.15) is 0 Å². The van der Waals surface area contributed by atoms with Crippen LogP contribution >= 0.6 is 0 Å².